The molecular formula is C24H31N5O2. The number of carbonyl (C=O) groups excluding carboxylic acids is 1. The number of hydrogen-bond acceptors (Lipinski definition) is 6. The lowest BCUT2D eigenvalue weighted by atomic mass is 9.98. The molecule has 0 saturated carbocycles. The molecule has 2 aromatic carbocycles. The molecule has 2 aromatic rings. The van der Waals surface area contributed by atoms with Gasteiger partial charge in [0.25, 0.3) is 5.91 Å². The second kappa shape index (κ2) is 10.3. The lowest BCUT2D eigenvalue weighted by Gasteiger charge is -2.28. The lowest BCUT2D eigenvalue weighted by Crippen LogP contribution is -2.32. The Kier molecular flexibility index (Phi) is 7.04. The van der Waals surface area contributed by atoms with E-state index < -0.39 is 0 Å². The zero-order chi connectivity index (χ0) is 21.5. The second-order valence-electron chi connectivity index (χ2n) is 8.24. The topological polar surface area (TPSA) is 78.0 Å². The fourth-order valence-electron chi connectivity index (χ4n) is 3.75. The van der Waals surface area contributed by atoms with E-state index in [1.54, 1.807) is 0 Å². The minimum atomic E-state index is -0.0893. The summed E-state index contributed by atoms with van der Waals surface area (Å²) in [6.07, 6.45) is 2.36. The average Bonchev–Trinajstić information content (AvgIpc) is 3.31. The molecule has 2 aliphatic heterocycles. The van der Waals surface area contributed by atoms with Crippen molar-refractivity contribution in [2.75, 3.05) is 45.2 Å². The van der Waals surface area contributed by atoms with Crippen LogP contribution in [0.25, 0.3) is 0 Å². The molecule has 7 heteroatoms. The highest BCUT2D eigenvalue weighted by molar-refractivity contribution is 5.95. The molecule has 0 atom stereocenters. The largest absolute Gasteiger partial charge is 0.493 e. The summed E-state index contributed by atoms with van der Waals surface area (Å²) in [5, 5.41) is 9.39. The highest BCUT2D eigenvalue weighted by Crippen LogP contribution is 2.19. The van der Waals surface area contributed by atoms with E-state index in [4.69, 9.17) is 4.74 Å². The number of anilines is 1. The Morgan fingerprint density at radius 1 is 1.13 bits per heavy atom. The van der Waals surface area contributed by atoms with Crippen LogP contribution in [0, 0.1) is 5.92 Å². The standard InChI is InChI=1S/C24H31N5O2/c1-29-14-10-19(11-15-29)17-31-22-8-4-20(5-9-22)23(30)27-16-18-2-6-21(7-3-18)28-24-25-12-13-26-24/h2-9,19H,10-17H2,1H3,(H,27,30)(H2,25,26,28). The van der Waals surface area contributed by atoms with Gasteiger partial charge >= 0.3 is 0 Å². The average molecular weight is 422 g/mol. The van der Waals surface area contributed by atoms with Crippen molar-refractivity contribution >= 4 is 17.6 Å². The van der Waals surface area contributed by atoms with Crippen LogP contribution in [0.5, 0.6) is 5.75 Å². The highest BCUT2D eigenvalue weighted by atomic mass is 16.5. The van der Waals surface area contributed by atoms with Crippen LogP contribution in [-0.4, -0.2) is 56.6 Å². The maximum Gasteiger partial charge on any atom is 0.251 e. The Balaban J connectivity index is 1.21. The second-order valence-corrected chi connectivity index (χ2v) is 8.24. The number of likely N-dealkylation sites (tertiary alicyclic amines) is 1. The number of nitrogens with one attached hydrogen (secondary N) is 3. The monoisotopic (exact) mass is 421 g/mol. The number of guanidine groups is 1. The summed E-state index contributed by atoms with van der Waals surface area (Å²) in [6, 6.07) is 15.4. The molecule has 3 N–H and O–H groups in total. The SMILES string of the molecule is CN1CCC(COc2ccc(C(=O)NCc3ccc(NC4=NCCN4)cc3)cc2)CC1. The van der Waals surface area contributed by atoms with Gasteiger partial charge in [-0.1, -0.05) is 12.1 Å². The van der Waals surface area contributed by atoms with Crippen molar-refractivity contribution in [2.45, 2.75) is 19.4 Å². The molecule has 31 heavy (non-hydrogen) atoms. The predicted molar refractivity (Wildman–Crippen MR) is 124 cm³/mol. The Morgan fingerprint density at radius 2 is 1.87 bits per heavy atom. The number of piperidine rings is 1. The van der Waals surface area contributed by atoms with Crippen molar-refractivity contribution in [2.24, 2.45) is 10.9 Å². The van der Waals surface area contributed by atoms with Gasteiger partial charge in [0, 0.05) is 24.3 Å². The molecule has 0 aliphatic carbocycles. The maximum absolute atomic E-state index is 12.5. The molecule has 164 valence electrons. The zero-order valence-electron chi connectivity index (χ0n) is 18.1. The van der Waals surface area contributed by atoms with E-state index in [2.05, 4.69) is 32.9 Å². The Morgan fingerprint density at radius 3 is 2.55 bits per heavy atom. The first-order valence-corrected chi connectivity index (χ1v) is 11.0. The van der Waals surface area contributed by atoms with Gasteiger partial charge in [0.2, 0.25) is 0 Å². The Labute approximate surface area is 183 Å². The third-order valence-electron chi connectivity index (χ3n) is 5.78. The first kappa shape index (κ1) is 21.2. The zero-order valence-corrected chi connectivity index (χ0v) is 18.1. The van der Waals surface area contributed by atoms with Gasteiger partial charge in [0.1, 0.15) is 5.75 Å². The number of aliphatic imine (C=N–C) groups is 1. The molecule has 2 heterocycles. The van der Waals surface area contributed by atoms with Crippen LogP contribution >= 0.6 is 0 Å². The molecule has 1 fully saturated rings. The van der Waals surface area contributed by atoms with Crippen LogP contribution < -0.4 is 20.7 Å². The van der Waals surface area contributed by atoms with E-state index in [0.29, 0.717) is 18.0 Å². The number of ether oxygens (including phenoxy) is 1. The van der Waals surface area contributed by atoms with Gasteiger partial charge < -0.3 is 25.6 Å². The molecule has 1 saturated heterocycles. The number of benzene rings is 2. The van der Waals surface area contributed by atoms with Crippen molar-refractivity contribution in [3.63, 3.8) is 0 Å². The van der Waals surface area contributed by atoms with E-state index in [-0.39, 0.29) is 5.91 Å². The minimum Gasteiger partial charge on any atom is -0.493 e. The van der Waals surface area contributed by atoms with E-state index >= 15 is 0 Å². The van der Waals surface area contributed by atoms with Crippen LogP contribution in [0.4, 0.5) is 5.69 Å². The van der Waals surface area contributed by atoms with Gasteiger partial charge in [-0.15, -0.1) is 0 Å². The number of hydrogen-bond donors (Lipinski definition) is 3. The Bertz CT molecular complexity index is 887. The van der Waals surface area contributed by atoms with Crippen LogP contribution in [0.2, 0.25) is 0 Å². The summed E-state index contributed by atoms with van der Waals surface area (Å²) in [5.41, 5.74) is 2.65. The maximum atomic E-state index is 12.5. The molecule has 4 rings (SSSR count). The first-order valence-electron chi connectivity index (χ1n) is 11.0. The summed E-state index contributed by atoms with van der Waals surface area (Å²) < 4.78 is 5.93. The van der Waals surface area contributed by atoms with Gasteiger partial charge in [-0.2, -0.15) is 0 Å². The van der Waals surface area contributed by atoms with Gasteiger partial charge in [0.05, 0.1) is 13.2 Å². The van der Waals surface area contributed by atoms with E-state index in [9.17, 15) is 4.79 Å². The van der Waals surface area contributed by atoms with E-state index in [0.717, 1.165) is 55.7 Å². The molecule has 0 bridgehead atoms. The smallest absolute Gasteiger partial charge is 0.251 e. The van der Waals surface area contributed by atoms with Gasteiger partial charge in [-0.25, -0.2) is 0 Å². The summed E-state index contributed by atoms with van der Waals surface area (Å²) in [5.74, 6) is 2.15. The molecule has 0 spiro atoms. The first-order chi connectivity index (χ1) is 15.2. The van der Waals surface area contributed by atoms with Crippen LogP contribution in [0.3, 0.4) is 0 Å². The van der Waals surface area contributed by atoms with Crippen molar-refractivity contribution in [1.29, 1.82) is 0 Å². The number of carbonyl (C=O) groups is 1. The van der Waals surface area contributed by atoms with Crippen LogP contribution in [0.15, 0.2) is 53.5 Å². The Hall–Kier alpha value is -3.06. The van der Waals surface area contributed by atoms with Crippen molar-refractivity contribution in [3.8, 4) is 5.75 Å². The summed E-state index contributed by atoms with van der Waals surface area (Å²) >= 11 is 0. The minimum absolute atomic E-state index is 0.0893. The molecular weight excluding hydrogens is 390 g/mol. The molecule has 0 unspecified atom stereocenters. The quantitative estimate of drug-likeness (QED) is 0.641. The van der Waals surface area contributed by atoms with E-state index in [1.807, 2.05) is 48.5 Å². The van der Waals surface area contributed by atoms with Crippen LogP contribution in [-0.2, 0) is 6.54 Å². The molecule has 0 radical (unpaired) electrons. The van der Waals surface area contributed by atoms with Gasteiger partial charge in [-0.05, 0) is 80.9 Å². The predicted octanol–water partition coefficient (Wildman–Crippen LogP) is 2.71. The van der Waals surface area contributed by atoms with Crippen molar-refractivity contribution < 1.29 is 9.53 Å². The third kappa shape index (κ3) is 6.21. The number of nitrogens with zero attached hydrogens (tertiary/aromatic N) is 2. The third-order valence-corrected chi connectivity index (χ3v) is 5.78. The van der Waals surface area contributed by atoms with Crippen LogP contribution in [0.1, 0.15) is 28.8 Å². The van der Waals surface area contributed by atoms with Crippen molar-refractivity contribution in [3.05, 3.63) is 59.7 Å². The lowest BCUT2D eigenvalue weighted by molar-refractivity contribution is 0.0951. The van der Waals surface area contributed by atoms with E-state index in [1.165, 1.54) is 12.8 Å². The molecule has 1 amide bonds. The van der Waals surface area contributed by atoms with Crippen molar-refractivity contribution in [1.82, 2.24) is 15.5 Å². The van der Waals surface area contributed by atoms with Gasteiger partial charge in [0.15, 0.2) is 5.96 Å². The summed E-state index contributed by atoms with van der Waals surface area (Å²) in [6.45, 7) is 5.17. The summed E-state index contributed by atoms with van der Waals surface area (Å²) in [7, 11) is 2.16. The number of rotatable bonds is 7. The molecule has 7 nitrogen and oxygen atoms in total. The fraction of sp³-hybridized carbons (Fsp3) is 0.417. The summed E-state index contributed by atoms with van der Waals surface area (Å²) in [4.78, 5) is 19.1. The van der Waals surface area contributed by atoms with Gasteiger partial charge in [-0.3, -0.25) is 9.79 Å². The molecule has 0 aromatic heterocycles. The highest BCUT2D eigenvalue weighted by Gasteiger charge is 2.17. The number of amides is 1. The molecule has 2 aliphatic rings. The fourth-order valence-corrected chi connectivity index (χ4v) is 3.75. The normalized spacial score (nSPS) is 17.0.